The van der Waals surface area contributed by atoms with E-state index in [1.807, 2.05) is 30.3 Å². The van der Waals surface area contributed by atoms with E-state index < -0.39 is 10.2 Å². The molecule has 1 rings (SSSR count). The molecule has 0 unspecified atom stereocenters. The van der Waals surface area contributed by atoms with Gasteiger partial charge in [-0.25, -0.2) is 8.42 Å². The van der Waals surface area contributed by atoms with Gasteiger partial charge in [0.05, 0.1) is 0 Å². The number of unbranched alkanes of at least 4 members (excludes halogenated alkanes) is 1. The largest absolute Gasteiger partial charge is 0.302 e. The number of benzene rings is 1. The van der Waals surface area contributed by atoms with E-state index >= 15 is 0 Å². The second-order valence-corrected chi connectivity index (χ2v) is 5.42. The quantitative estimate of drug-likeness (QED) is 0.272. The predicted molar refractivity (Wildman–Crippen MR) is 73.2 cm³/mol. The molecule has 0 N–H and O–H groups in total. The maximum Gasteiger partial charge on any atom is 0.302 e. The van der Waals surface area contributed by atoms with Crippen LogP contribution in [0.15, 0.2) is 34.9 Å². The minimum absolute atomic E-state index is 0.269. The van der Waals surface area contributed by atoms with Gasteiger partial charge in [-0.05, 0) is 24.1 Å². The van der Waals surface area contributed by atoms with E-state index in [1.54, 1.807) is 0 Å². The van der Waals surface area contributed by atoms with Crippen molar-refractivity contribution >= 4 is 10.2 Å². The minimum Gasteiger partial charge on any atom is -0.204 e. The molecule has 6 nitrogen and oxygen atoms in total. The van der Waals surface area contributed by atoms with E-state index in [1.165, 1.54) is 7.05 Å². The van der Waals surface area contributed by atoms with Gasteiger partial charge in [0.15, 0.2) is 0 Å². The van der Waals surface area contributed by atoms with Crippen LogP contribution >= 0.6 is 0 Å². The first kappa shape index (κ1) is 15.1. The maximum absolute atomic E-state index is 11.3. The summed E-state index contributed by atoms with van der Waals surface area (Å²) >= 11 is 0. The third-order valence-electron chi connectivity index (χ3n) is 2.31. The average molecular weight is 278 g/mol. The van der Waals surface area contributed by atoms with Gasteiger partial charge in [-0.3, -0.25) is 0 Å². The molecule has 100 valence electrons. The second kappa shape index (κ2) is 7.44. The van der Waals surface area contributed by atoms with E-state index in [0.29, 0.717) is 12.8 Å². The number of nitrogens with zero attached hydrogens (tertiary/aromatic N) is 4. The predicted octanol–water partition coefficient (Wildman–Crippen LogP) is 2.31. The highest BCUT2D eigenvalue weighted by Gasteiger charge is 2.14. The summed E-state index contributed by atoms with van der Waals surface area (Å²) in [5.74, 6) is 5.95. The van der Waals surface area contributed by atoms with Gasteiger partial charge in [0.2, 0.25) is 0 Å². The van der Waals surface area contributed by atoms with Gasteiger partial charge < -0.3 is 0 Å². The number of azide groups is 1. The van der Waals surface area contributed by atoms with Crippen molar-refractivity contribution in [3.05, 3.63) is 46.3 Å². The molecule has 0 aliphatic rings. The zero-order valence-electron chi connectivity index (χ0n) is 10.5. The SMILES string of the molecule is CN(CCCC#Cc1ccccc1)S(=O)(=O)N=[N+]=[N-]. The number of hydrogen-bond donors (Lipinski definition) is 0. The summed E-state index contributed by atoms with van der Waals surface area (Å²) in [6, 6.07) is 9.55. The average Bonchev–Trinajstić information content (AvgIpc) is 2.39. The molecule has 0 radical (unpaired) electrons. The van der Waals surface area contributed by atoms with E-state index in [9.17, 15) is 8.42 Å². The molecule has 1 aromatic rings. The Bertz CT molecular complexity index is 610. The Kier molecular flexibility index (Phi) is 5.90. The van der Waals surface area contributed by atoms with Crippen LogP contribution in [0.5, 0.6) is 0 Å². The van der Waals surface area contributed by atoms with Crippen molar-refractivity contribution < 1.29 is 8.42 Å². The molecule has 0 aromatic heterocycles. The minimum atomic E-state index is -3.86. The summed E-state index contributed by atoms with van der Waals surface area (Å²) < 4.78 is 26.3. The fourth-order valence-corrected chi connectivity index (χ4v) is 1.88. The first-order valence-corrected chi connectivity index (χ1v) is 7.02. The van der Waals surface area contributed by atoms with Crippen LogP contribution in [0.25, 0.3) is 10.4 Å². The van der Waals surface area contributed by atoms with E-state index in [0.717, 1.165) is 9.87 Å². The second-order valence-electron chi connectivity index (χ2n) is 3.74. The van der Waals surface area contributed by atoms with Crippen molar-refractivity contribution in [2.45, 2.75) is 12.8 Å². The molecule has 19 heavy (non-hydrogen) atoms. The molecule has 0 fully saturated rings. The molecule has 0 aliphatic carbocycles. The normalized spacial score (nSPS) is 10.4. The van der Waals surface area contributed by atoms with Crippen molar-refractivity contribution in [2.75, 3.05) is 13.6 Å². The Labute approximate surface area is 112 Å². The molecule has 0 aliphatic heterocycles. The number of rotatable bonds is 5. The van der Waals surface area contributed by atoms with Crippen LogP contribution in [0.1, 0.15) is 18.4 Å². The zero-order valence-corrected chi connectivity index (χ0v) is 11.3. The van der Waals surface area contributed by atoms with Gasteiger partial charge >= 0.3 is 10.2 Å². The van der Waals surface area contributed by atoms with Gasteiger partial charge in [0.25, 0.3) is 0 Å². The smallest absolute Gasteiger partial charge is 0.204 e. The van der Waals surface area contributed by atoms with E-state index in [2.05, 4.69) is 21.3 Å². The topological polar surface area (TPSA) is 86.1 Å². The summed E-state index contributed by atoms with van der Waals surface area (Å²) in [6.07, 6.45) is 1.15. The van der Waals surface area contributed by atoms with Gasteiger partial charge in [0, 0.05) is 35.0 Å². The molecule has 0 amide bonds. The molecule has 0 saturated carbocycles. The van der Waals surface area contributed by atoms with Crippen LogP contribution in [0.2, 0.25) is 0 Å². The van der Waals surface area contributed by atoms with Crippen molar-refractivity contribution in [3.8, 4) is 11.8 Å². The molecule has 7 heteroatoms. The van der Waals surface area contributed by atoms with Crippen LogP contribution in [0.4, 0.5) is 0 Å². The van der Waals surface area contributed by atoms with Crippen molar-refractivity contribution in [3.63, 3.8) is 0 Å². The summed E-state index contributed by atoms with van der Waals surface area (Å²) in [7, 11) is -2.49. The third-order valence-corrected chi connectivity index (χ3v) is 3.56. The highest BCUT2D eigenvalue weighted by atomic mass is 32.2. The monoisotopic (exact) mass is 278 g/mol. The standard InChI is InChI=1S/C12H14N4O2S/c1-16(19(17,18)15-14-13)11-7-3-6-10-12-8-4-2-5-9-12/h2,4-5,8-9H,3,7,11H2,1H3. The Morgan fingerprint density at radius 3 is 2.68 bits per heavy atom. The molecule has 0 heterocycles. The number of hydrogen-bond acceptors (Lipinski definition) is 2. The molecule has 0 bridgehead atoms. The van der Waals surface area contributed by atoms with Gasteiger partial charge in [-0.15, -0.1) is 0 Å². The first-order chi connectivity index (χ1) is 9.06. The lowest BCUT2D eigenvalue weighted by Crippen LogP contribution is -2.25. The van der Waals surface area contributed by atoms with Crippen LogP contribution in [0.3, 0.4) is 0 Å². The van der Waals surface area contributed by atoms with Crippen molar-refractivity contribution in [2.24, 2.45) is 4.52 Å². The zero-order chi connectivity index (χ0) is 14.1. The third kappa shape index (κ3) is 5.44. The Morgan fingerprint density at radius 2 is 2.05 bits per heavy atom. The summed E-state index contributed by atoms with van der Waals surface area (Å²) in [6.45, 7) is 0.269. The molecule has 0 saturated heterocycles. The van der Waals surface area contributed by atoms with Crippen LogP contribution < -0.4 is 0 Å². The fourth-order valence-electron chi connectivity index (χ4n) is 1.30. The maximum atomic E-state index is 11.3. The van der Waals surface area contributed by atoms with Crippen LogP contribution in [0, 0.1) is 11.8 Å². The first-order valence-electron chi connectivity index (χ1n) is 5.63. The lowest BCUT2D eigenvalue weighted by atomic mass is 10.2. The summed E-state index contributed by atoms with van der Waals surface area (Å²) in [5.41, 5.74) is 9.04. The molecule has 0 spiro atoms. The van der Waals surface area contributed by atoms with Crippen LogP contribution in [-0.4, -0.2) is 26.3 Å². The lowest BCUT2D eigenvalue weighted by molar-refractivity contribution is 0.464. The van der Waals surface area contributed by atoms with Gasteiger partial charge in [-0.1, -0.05) is 30.0 Å². The highest BCUT2D eigenvalue weighted by molar-refractivity contribution is 7.87. The van der Waals surface area contributed by atoms with Crippen molar-refractivity contribution in [1.82, 2.24) is 4.31 Å². The molecule has 0 atom stereocenters. The van der Waals surface area contributed by atoms with Gasteiger partial charge in [-0.2, -0.15) is 4.31 Å². The Balaban J connectivity index is 2.40. The lowest BCUT2D eigenvalue weighted by Gasteiger charge is -2.11. The molecule has 1 aromatic carbocycles. The fraction of sp³-hybridized carbons (Fsp3) is 0.333. The highest BCUT2D eigenvalue weighted by Crippen LogP contribution is 2.02. The van der Waals surface area contributed by atoms with Gasteiger partial charge in [0.1, 0.15) is 0 Å². The Hall–Kier alpha value is -2.00. The molecular weight excluding hydrogens is 264 g/mol. The molecular formula is C12H14N4O2S. The van der Waals surface area contributed by atoms with E-state index in [-0.39, 0.29) is 6.54 Å². The summed E-state index contributed by atoms with van der Waals surface area (Å²) in [5, 5.41) is 0. The van der Waals surface area contributed by atoms with Crippen LogP contribution in [-0.2, 0) is 10.2 Å². The van der Waals surface area contributed by atoms with E-state index in [4.69, 9.17) is 5.53 Å². The summed E-state index contributed by atoms with van der Waals surface area (Å²) in [4.78, 5) is 2.28. The van der Waals surface area contributed by atoms with Crippen molar-refractivity contribution in [1.29, 1.82) is 0 Å². The Morgan fingerprint density at radius 1 is 1.37 bits per heavy atom.